The molecule has 1 aromatic carbocycles. The van der Waals surface area contributed by atoms with E-state index in [0.717, 1.165) is 37.9 Å². The van der Waals surface area contributed by atoms with Crippen molar-refractivity contribution in [1.82, 2.24) is 10.6 Å². The van der Waals surface area contributed by atoms with Crippen molar-refractivity contribution in [2.24, 2.45) is 0 Å². The number of halogens is 4. The Hall–Kier alpha value is -1.08. The van der Waals surface area contributed by atoms with E-state index in [2.05, 4.69) is 26.6 Å². The molecule has 0 aliphatic carbocycles. The van der Waals surface area contributed by atoms with Gasteiger partial charge >= 0.3 is 6.18 Å². The lowest BCUT2D eigenvalue weighted by molar-refractivity contribution is -0.137. The van der Waals surface area contributed by atoms with E-state index in [1.54, 1.807) is 0 Å². The van der Waals surface area contributed by atoms with E-state index >= 15 is 0 Å². The van der Waals surface area contributed by atoms with Crippen molar-refractivity contribution in [1.29, 1.82) is 0 Å². The Labute approximate surface area is 129 Å². The quantitative estimate of drug-likeness (QED) is 0.860. The topological polar surface area (TPSA) is 41.1 Å². The van der Waals surface area contributed by atoms with E-state index in [4.69, 9.17) is 0 Å². The molecule has 3 nitrogen and oxygen atoms in total. The molecule has 1 fully saturated rings. The molecule has 0 aromatic heterocycles. The van der Waals surface area contributed by atoms with Crippen LogP contribution < -0.4 is 10.6 Å². The molecule has 0 saturated carbocycles. The summed E-state index contributed by atoms with van der Waals surface area (Å²) in [6.07, 6.45) is -1.48. The molecule has 1 heterocycles. The number of hydrogen-bond acceptors (Lipinski definition) is 2. The Morgan fingerprint density at radius 3 is 2.81 bits per heavy atom. The number of hydrogen-bond donors (Lipinski definition) is 2. The Bertz CT molecular complexity index is 513. The number of alkyl halides is 3. The average molecular weight is 365 g/mol. The highest BCUT2D eigenvalue weighted by Crippen LogP contribution is 2.31. The summed E-state index contributed by atoms with van der Waals surface area (Å²) < 4.78 is 38.3. The Balaban J connectivity index is 1.97. The van der Waals surface area contributed by atoms with E-state index in [9.17, 15) is 18.0 Å². The summed E-state index contributed by atoms with van der Waals surface area (Å²) in [4.78, 5) is 12.0. The smallest absolute Gasteiger partial charge is 0.352 e. The third kappa shape index (κ3) is 4.44. The summed E-state index contributed by atoms with van der Waals surface area (Å²) >= 11 is 3.12. The highest BCUT2D eigenvalue weighted by Gasteiger charge is 2.31. The van der Waals surface area contributed by atoms with Crippen LogP contribution in [0.1, 0.15) is 35.2 Å². The Kier molecular flexibility index (Phi) is 5.27. The van der Waals surface area contributed by atoms with Crippen LogP contribution in [-0.4, -0.2) is 25.0 Å². The van der Waals surface area contributed by atoms with Gasteiger partial charge in [-0.25, -0.2) is 0 Å². The summed E-state index contributed by atoms with van der Waals surface area (Å²) in [5.74, 6) is -0.494. The predicted molar refractivity (Wildman–Crippen MR) is 77.1 cm³/mol. The zero-order chi connectivity index (χ0) is 15.5. The molecule has 0 spiro atoms. The lowest BCUT2D eigenvalue weighted by atomic mass is 10.1. The van der Waals surface area contributed by atoms with E-state index < -0.39 is 17.6 Å². The third-order valence-electron chi connectivity index (χ3n) is 3.48. The van der Waals surface area contributed by atoms with Crippen LogP contribution in [0.2, 0.25) is 0 Å². The highest BCUT2D eigenvalue weighted by molar-refractivity contribution is 9.10. The van der Waals surface area contributed by atoms with Crippen LogP contribution in [0.3, 0.4) is 0 Å². The van der Waals surface area contributed by atoms with E-state index in [0.29, 0.717) is 17.1 Å². The summed E-state index contributed by atoms with van der Waals surface area (Å²) in [5, 5.41) is 5.97. The number of benzene rings is 1. The first-order chi connectivity index (χ1) is 9.88. The van der Waals surface area contributed by atoms with Crippen LogP contribution in [0.4, 0.5) is 13.2 Å². The fraction of sp³-hybridized carbons (Fsp3) is 0.500. The number of carbonyl (C=O) groups is 1. The molecule has 1 aliphatic heterocycles. The van der Waals surface area contributed by atoms with Crippen LogP contribution in [-0.2, 0) is 6.18 Å². The maximum atomic E-state index is 12.7. The predicted octanol–water partition coefficient (Wildman–Crippen LogP) is 3.34. The minimum Gasteiger partial charge on any atom is -0.352 e. The standard InChI is InChI=1S/C14H16BrF3N2O/c15-12-4-3-9(14(16,17)18)8-11(12)13(21)20-7-5-10-2-1-6-19-10/h3-4,8,10,19H,1-2,5-7H2,(H,20,21). The van der Waals surface area contributed by atoms with Crippen molar-refractivity contribution in [3.63, 3.8) is 0 Å². The Morgan fingerprint density at radius 1 is 1.43 bits per heavy atom. The second-order valence-electron chi connectivity index (χ2n) is 5.03. The zero-order valence-electron chi connectivity index (χ0n) is 11.3. The minimum absolute atomic E-state index is 0.00389. The first-order valence-corrected chi connectivity index (χ1v) is 7.55. The molecule has 1 unspecified atom stereocenters. The Morgan fingerprint density at radius 2 is 2.19 bits per heavy atom. The molecule has 21 heavy (non-hydrogen) atoms. The minimum atomic E-state index is -4.45. The van der Waals surface area contributed by atoms with Crippen LogP contribution in [0.25, 0.3) is 0 Å². The molecule has 1 aliphatic rings. The normalized spacial score (nSPS) is 18.8. The summed E-state index contributed by atoms with van der Waals surface area (Å²) in [6, 6.07) is 3.45. The van der Waals surface area contributed by atoms with Gasteiger partial charge in [-0.05, 0) is 59.9 Å². The van der Waals surface area contributed by atoms with Gasteiger partial charge in [-0.3, -0.25) is 4.79 Å². The number of carbonyl (C=O) groups excluding carboxylic acids is 1. The van der Waals surface area contributed by atoms with Crippen molar-refractivity contribution in [3.8, 4) is 0 Å². The van der Waals surface area contributed by atoms with Gasteiger partial charge in [0.05, 0.1) is 11.1 Å². The fourth-order valence-electron chi connectivity index (χ4n) is 2.33. The summed E-state index contributed by atoms with van der Waals surface area (Å²) in [5.41, 5.74) is -0.822. The van der Waals surface area contributed by atoms with Crippen molar-refractivity contribution in [2.45, 2.75) is 31.5 Å². The SMILES string of the molecule is O=C(NCCC1CCCN1)c1cc(C(F)(F)F)ccc1Br. The molecule has 2 rings (SSSR count). The van der Waals surface area contributed by atoms with Gasteiger partial charge in [0.1, 0.15) is 0 Å². The fourth-order valence-corrected chi connectivity index (χ4v) is 2.76. The molecule has 0 radical (unpaired) electrons. The van der Waals surface area contributed by atoms with Crippen LogP contribution >= 0.6 is 15.9 Å². The molecule has 0 bridgehead atoms. The average Bonchev–Trinajstić information content (AvgIpc) is 2.91. The maximum Gasteiger partial charge on any atom is 0.416 e. The van der Waals surface area contributed by atoms with Crippen molar-refractivity contribution in [2.75, 3.05) is 13.1 Å². The van der Waals surface area contributed by atoms with Gasteiger partial charge in [-0.2, -0.15) is 13.2 Å². The van der Waals surface area contributed by atoms with Crippen LogP contribution in [0.5, 0.6) is 0 Å². The number of nitrogens with one attached hydrogen (secondary N) is 2. The van der Waals surface area contributed by atoms with Gasteiger partial charge in [0, 0.05) is 17.1 Å². The lowest BCUT2D eigenvalue weighted by Crippen LogP contribution is -2.30. The molecule has 2 N–H and O–H groups in total. The number of amides is 1. The molecular weight excluding hydrogens is 349 g/mol. The van der Waals surface area contributed by atoms with Crippen molar-refractivity contribution in [3.05, 3.63) is 33.8 Å². The van der Waals surface area contributed by atoms with E-state index in [-0.39, 0.29) is 5.56 Å². The zero-order valence-corrected chi connectivity index (χ0v) is 12.9. The van der Waals surface area contributed by atoms with Crippen molar-refractivity contribution >= 4 is 21.8 Å². The van der Waals surface area contributed by atoms with Gasteiger partial charge in [-0.1, -0.05) is 0 Å². The second-order valence-corrected chi connectivity index (χ2v) is 5.88. The molecule has 1 amide bonds. The number of rotatable bonds is 4. The van der Waals surface area contributed by atoms with E-state index in [1.165, 1.54) is 6.07 Å². The van der Waals surface area contributed by atoms with Gasteiger partial charge in [0.25, 0.3) is 5.91 Å². The third-order valence-corrected chi connectivity index (χ3v) is 4.17. The van der Waals surface area contributed by atoms with Crippen LogP contribution in [0, 0.1) is 0 Å². The molecule has 116 valence electrons. The van der Waals surface area contributed by atoms with Crippen molar-refractivity contribution < 1.29 is 18.0 Å². The largest absolute Gasteiger partial charge is 0.416 e. The van der Waals surface area contributed by atoms with Crippen LogP contribution in [0.15, 0.2) is 22.7 Å². The first kappa shape index (κ1) is 16.3. The summed E-state index contributed by atoms with van der Waals surface area (Å²) in [6.45, 7) is 1.43. The maximum absolute atomic E-state index is 12.7. The summed E-state index contributed by atoms with van der Waals surface area (Å²) in [7, 11) is 0. The highest BCUT2D eigenvalue weighted by atomic mass is 79.9. The molecular formula is C14H16BrF3N2O. The van der Waals surface area contributed by atoms with Gasteiger partial charge in [0.2, 0.25) is 0 Å². The molecule has 7 heteroatoms. The van der Waals surface area contributed by atoms with Gasteiger partial charge in [0.15, 0.2) is 0 Å². The molecule has 1 atom stereocenters. The lowest BCUT2D eigenvalue weighted by Gasteiger charge is -2.13. The van der Waals surface area contributed by atoms with Gasteiger partial charge in [-0.15, -0.1) is 0 Å². The first-order valence-electron chi connectivity index (χ1n) is 6.76. The molecule has 1 aromatic rings. The van der Waals surface area contributed by atoms with Gasteiger partial charge < -0.3 is 10.6 Å². The van der Waals surface area contributed by atoms with E-state index in [1.807, 2.05) is 0 Å². The second kappa shape index (κ2) is 6.79. The monoisotopic (exact) mass is 364 g/mol. The molecule has 1 saturated heterocycles.